The number of ether oxygens (including phenoxy) is 3. The summed E-state index contributed by atoms with van der Waals surface area (Å²) in [5.41, 5.74) is 2.01. The van der Waals surface area contributed by atoms with E-state index in [1.807, 2.05) is 6.92 Å². The molecule has 0 atom stereocenters. The molecule has 0 aliphatic rings. The summed E-state index contributed by atoms with van der Waals surface area (Å²) in [5, 5.41) is 8.10. The summed E-state index contributed by atoms with van der Waals surface area (Å²) in [7, 11) is 3.53. The molecule has 0 saturated carbocycles. The summed E-state index contributed by atoms with van der Waals surface area (Å²) in [6.07, 6.45) is 4.20. The Hall–Kier alpha value is -2.57. The zero-order valence-electron chi connectivity index (χ0n) is 20.7. The molecule has 0 fully saturated rings. The number of rotatable bonds is 12. The van der Waals surface area contributed by atoms with Crippen LogP contribution in [0.2, 0.25) is 0 Å². The Balaban J connectivity index is -0.000000171. The number of carbonyl (C=O) groups excluding carboxylic acids is 3. The fourth-order valence-electron chi connectivity index (χ4n) is 1.26. The number of esters is 3. The third-order valence-electron chi connectivity index (χ3n) is 3.05. The van der Waals surface area contributed by atoms with Crippen molar-refractivity contribution in [3.8, 4) is 0 Å². The van der Waals surface area contributed by atoms with Crippen LogP contribution in [0.3, 0.4) is 0 Å². The maximum absolute atomic E-state index is 10.3. The lowest BCUT2D eigenvalue weighted by Gasteiger charge is -2.19. The number of carbonyl (C=O) groups is 3. The van der Waals surface area contributed by atoms with Crippen molar-refractivity contribution in [1.29, 1.82) is 0 Å². The normalized spacial score (nSPS) is 9.06. The zero-order chi connectivity index (χ0) is 26.7. The first-order chi connectivity index (χ1) is 15.5. The van der Waals surface area contributed by atoms with Gasteiger partial charge < -0.3 is 32.6 Å². The van der Waals surface area contributed by atoms with Crippen LogP contribution in [-0.4, -0.2) is 80.1 Å². The molecule has 0 aromatic heterocycles. The molecule has 1 N–H and O–H groups in total. The van der Waals surface area contributed by atoms with Crippen molar-refractivity contribution in [2.75, 3.05) is 48.3 Å². The van der Waals surface area contributed by atoms with Crippen LogP contribution in [0, 0.1) is 0 Å². The molecule has 11 heteroatoms. The van der Waals surface area contributed by atoms with Gasteiger partial charge in [0, 0.05) is 39.1 Å². The van der Waals surface area contributed by atoms with E-state index in [1.165, 1.54) is 13.2 Å². The van der Waals surface area contributed by atoms with E-state index in [1.54, 1.807) is 34.0 Å². The molecule has 0 rings (SSSR count). The van der Waals surface area contributed by atoms with Gasteiger partial charge in [-0.3, -0.25) is 0 Å². The highest BCUT2D eigenvalue weighted by molar-refractivity contribution is 6.66. The van der Waals surface area contributed by atoms with E-state index >= 15 is 0 Å². The van der Waals surface area contributed by atoms with E-state index in [2.05, 4.69) is 40.5 Å². The first-order valence-corrected chi connectivity index (χ1v) is 11.6. The first kappa shape index (κ1) is 37.7. The minimum Gasteiger partial charge on any atom is -0.466 e. The highest BCUT2D eigenvalue weighted by atomic mass is 28.4. The maximum Gasteiger partial charge on any atom is 0.528 e. The van der Waals surface area contributed by atoms with Crippen molar-refractivity contribution in [3.63, 3.8) is 0 Å². The van der Waals surface area contributed by atoms with E-state index in [9.17, 15) is 14.4 Å². The van der Waals surface area contributed by atoms with Crippen molar-refractivity contribution in [1.82, 2.24) is 0 Å². The third kappa shape index (κ3) is 27.4. The molecule has 0 radical (unpaired) electrons. The van der Waals surface area contributed by atoms with Crippen LogP contribution >= 0.6 is 0 Å². The molecular weight excluding hydrogens is 452 g/mol. The SMILES string of the molecule is C=C(C)C(=O)OC.C=CC(=O)OCCCC.C=CC(=O)OCCO.C=C[Si](OC)(OC)OC. The van der Waals surface area contributed by atoms with Gasteiger partial charge in [-0.15, -0.1) is 0 Å². The molecule has 0 aromatic carbocycles. The van der Waals surface area contributed by atoms with Gasteiger partial charge in [0.25, 0.3) is 0 Å². The lowest BCUT2D eigenvalue weighted by Crippen LogP contribution is -2.40. The summed E-state index contributed by atoms with van der Waals surface area (Å²) in [6, 6.07) is 0. The second-order valence-corrected chi connectivity index (χ2v) is 8.35. The van der Waals surface area contributed by atoms with Gasteiger partial charge in [-0.25, -0.2) is 14.4 Å². The van der Waals surface area contributed by atoms with Gasteiger partial charge in [-0.05, 0) is 19.0 Å². The summed E-state index contributed by atoms with van der Waals surface area (Å²) in [4.78, 5) is 30.7. The molecule has 0 amide bonds. The Bertz CT molecular complexity index is 563. The molecule has 0 aliphatic carbocycles. The molecule has 0 aromatic rings. The molecule has 0 spiro atoms. The highest BCUT2D eigenvalue weighted by Crippen LogP contribution is 2.05. The van der Waals surface area contributed by atoms with Gasteiger partial charge in [-0.2, -0.15) is 0 Å². The Morgan fingerprint density at radius 1 is 0.879 bits per heavy atom. The lowest BCUT2D eigenvalue weighted by atomic mass is 10.4. The van der Waals surface area contributed by atoms with Crippen molar-refractivity contribution in [2.45, 2.75) is 26.7 Å². The van der Waals surface area contributed by atoms with Crippen molar-refractivity contribution >= 4 is 26.7 Å². The summed E-state index contributed by atoms with van der Waals surface area (Å²) >= 11 is 0. The van der Waals surface area contributed by atoms with Crippen LogP contribution in [0.15, 0.2) is 49.7 Å². The Labute approximate surface area is 198 Å². The van der Waals surface area contributed by atoms with Gasteiger partial charge in [-0.1, -0.05) is 39.7 Å². The standard InChI is InChI=1S/C7H12O2.C5H12O3Si.C5H8O3.C5H8O2/c1-3-5-6-9-7(8)4-2;1-5-9(6-2,7-3)8-4;1-2-5(7)8-4-3-6;1-4(2)5(6)7-3/h4H,2-3,5-6H2,1H3;5H,1H2,2-4H3;2,6H,1,3-4H2;1H2,2-3H3. The van der Waals surface area contributed by atoms with Crippen LogP contribution in [-0.2, 0) is 41.9 Å². The number of hydrogen-bond acceptors (Lipinski definition) is 10. The molecule has 33 heavy (non-hydrogen) atoms. The van der Waals surface area contributed by atoms with Gasteiger partial charge in [0.05, 0.1) is 20.3 Å². The molecular formula is C22H40O10Si. The number of methoxy groups -OCH3 is 1. The van der Waals surface area contributed by atoms with Crippen molar-refractivity contribution in [3.05, 3.63) is 49.7 Å². The van der Waals surface area contributed by atoms with Gasteiger partial charge in [0.15, 0.2) is 0 Å². The average molecular weight is 493 g/mol. The number of unbranched alkanes of at least 4 members (excludes halogenated alkanes) is 1. The van der Waals surface area contributed by atoms with Gasteiger partial charge >= 0.3 is 26.7 Å². The van der Waals surface area contributed by atoms with E-state index in [-0.39, 0.29) is 25.2 Å². The first-order valence-electron chi connectivity index (χ1n) is 9.77. The summed E-state index contributed by atoms with van der Waals surface area (Å²) in [6.45, 7) is 17.4. The Morgan fingerprint density at radius 3 is 1.48 bits per heavy atom. The summed E-state index contributed by atoms with van der Waals surface area (Å²) in [5.74, 6) is -1.18. The van der Waals surface area contributed by atoms with E-state index in [0.29, 0.717) is 12.2 Å². The Morgan fingerprint density at radius 2 is 1.30 bits per heavy atom. The minimum absolute atomic E-state index is 0.0465. The predicted octanol–water partition coefficient (Wildman–Crippen LogP) is 2.55. The van der Waals surface area contributed by atoms with Crippen molar-refractivity contribution < 1.29 is 47.0 Å². The monoisotopic (exact) mass is 492 g/mol. The molecule has 10 nitrogen and oxygen atoms in total. The Kier molecular flexibility index (Phi) is 31.4. The summed E-state index contributed by atoms with van der Waals surface area (Å²) < 4.78 is 28.2. The van der Waals surface area contributed by atoms with Crippen LogP contribution < -0.4 is 0 Å². The molecule has 0 bridgehead atoms. The molecule has 0 saturated heterocycles. The van der Waals surface area contributed by atoms with Crippen LogP contribution in [0.25, 0.3) is 0 Å². The fourth-order valence-corrected chi connectivity index (χ4v) is 2.26. The second-order valence-electron chi connectivity index (χ2n) is 5.51. The highest BCUT2D eigenvalue weighted by Gasteiger charge is 2.33. The maximum atomic E-state index is 10.3. The fraction of sp³-hybridized carbons (Fsp3) is 0.500. The third-order valence-corrected chi connectivity index (χ3v) is 5.26. The zero-order valence-corrected chi connectivity index (χ0v) is 21.7. The van der Waals surface area contributed by atoms with E-state index in [0.717, 1.165) is 18.9 Å². The topological polar surface area (TPSA) is 127 Å². The number of hydrogen-bond donors (Lipinski definition) is 1. The predicted molar refractivity (Wildman–Crippen MR) is 128 cm³/mol. The number of aliphatic hydroxyl groups is 1. The second kappa shape index (κ2) is 27.5. The van der Waals surface area contributed by atoms with Crippen LogP contribution in [0.4, 0.5) is 0 Å². The molecule has 0 aliphatic heterocycles. The smallest absolute Gasteiger partial charge is 0.466 e. The van der Waals surface area contributed by atoms with Crippen LogP contribution in [0.5, 0.6) is 0 Å². The van der Waals surface area contributed by atoms with Crippen LogP contribution in [0.1, 0.15) is 26.7 Å². The molecule has 0 unspecified atom stereocenters. The van der Waals surface area contributed by atoms with Gasteiger partial charge in [0.1, 0.15) is 6.61 Å². The average Bonchev–Trinajstić information content (AvgIpc) is 2.84. The minimum atomic E-state index is -2.43. The number of aliphatic hydroxyl groups excluding tert-OH is 1. The molecule has 0 heterocycles. The molecule has 192 valence electrons. The quantitative estimate of drug-likeness (QED) is 0.143. The largest absolute Gasteiger partial charge is 0.528 e. The van der Waals surface area contributed by atoms with Crippen molar-refractivity contribution in [2.24, 2.45) is 0 Å². The van der Waals surface area contributed by atoms with E-state index in [4.69, 9.17) is 18.4 Å². The lowest BCUT2D eigenvalue weighted by molar-refractivity contribution is -0.139. The van der Waals surface area contributed by atoms with Gasteiger partial charge in [0.2, 0.25) is 0 Å². The van der Waals surface area contributed by atoms with E-state index < -0.39 is 14.8 Å².